The van der Waals surface area contributed by atoms with Crippen LogP contribution in [0.2, 0.25) is 0 Å². The molecule has 0 aromatic heterocycles. The van der Waals surface area contributed by atoms with Gasteiger partial charge in [-0.05, 0) is 36.6 Å². The van der Waals surface area contributed by atoms with Crippen LogP contribution in [0.15, 0.2) is 36.0 Å². The van der Waals surface area contributed by atoms with Gasteiger partial charge in [0.05, 0.1) is 13.7 Å². The molecule has 1 aromatic carbocycles. The lowest BCUT2D eigenvalue weighted by Gasteiger charge is -2.21. The Hall–Kier alpha value is -2.48. The standard InChI is InChI=1S/C19H24N2O3/c1-23-19(22)16(13-20)14-21-17-7-9-18(10-8-17)24-12-11-15-5-3-2-4-6-15/h7-10,14-15,21H,2-6,11-12H2,1H3/b16-14-. The fraction of sp³-hybridized carbons (Fsp3) is 0.474. The number of carbonyl (C=O) groups is 1. The molecule has 0 heterocycles. The van der Waals surface area contributed by atoms with Crippen molar-refractivity contribution in [2.45, 2.75) is 38.5 Å². The molecule has 5 nitrogen and oxygen atoms in total. The number of hydrogen-bond acceptors (Lipinski definition) is 5. The van der Waals surface area contributed by atoms with Crippen molar-refractivity contribution >= 4 is 11.7 Å². The second-order valence-electron chi connectivity index (χ2n) is 5.97. The van der Waals surface area contributed by atoms with Crippen molar-refractivity contribution in [3.05, 3.63) is 36.0 Å². The van der Waals surface area contributed by atoms with E-state index in [1.165, 1.54) is 45.4 Å². The molecule has 0 atom stereocenters. The normalized spacial score (nSPS) is 15.4. The number of rotatable bonds is 7. The zero-order chi connectivity index (χ0) is 17.2. The van der Waals surface area contributed by atoms with E-state index < -0.39 is 5.97 Å². The summed E-state index contributed by atoms with van der Waals surface area (Å²) < 4.78 is 10.3. The maximum Gasteiger partial charge on any atom is 0.350 e. The third-order valence-electron chi connectivity index (χ3n) is 4.28. The fourth-order valence-corrected chi connectivity index (χ4v) is 2.87. The second kappa shape index (κ2) is 9.61. The Balaban J connectivity index is 1.79. The molecule has 0 amide bonds. The highest BCUT2D eigenvalue weighted by atomic mass is 16.5. The summed E-state index contributed by atoms with van der Waals surface area (Å²) in [4.78, 5) is 11.3. The summed E-state index contributed by atoms with van der Waals surface area (Å²) in [7, 11) is 1.24. The van der Waals surface area contributed by atoms with Crippen molar-refractivity contribution in [1.82, 2.24) is 0 Å². The number of ether oxygens (including phenoxy) is 2. The van der Waals surface area contributed by atoms with E-state index in [0.29, 0.717) is 0 Å². The highest BCUT2D eigenvalue weighted by molar-refractivity contribution is 5.92. The van der Waals surface area contributed by atoms with Crippen molar-refractivity contribution in [1.29, 1.82) is 5.26 Å². The molecule has 0 bridgehead atoms. The Morgan fingerprint density at radius 2 is 2.00 bits per heavy atom. The summed E-state index contributed by atoms with van der Waals surface area (Å²) in [5.74, 6) is 0.981. The third-order valence-corrected chi connectivity index (χ3v) is 4.28. The number of carbonyl (C=O) groups excluding carboxylic acids is 1. The maximum atomic E-state index is 11.3. The Labute approximate surface area is 143 Å². The zero-order valence-electron chi connectivity index (χ0n) is 14.1. The molecule has 5 heteroatoms. The zero-order valence-corrected chi connectivity index (χ0v) is 14.1. The number of nitrogens with zero attached hydrogens (tertiary/aromatic N) is 1. The highest BCUT2D eigenvalue weighted by Gasteiger charge is 2.13. The van der Waals surface area contributed by atoms with Crippen molar-refractivity contribution in [2.24, 2.45) is 5.92 Å². The van der Waals surface area contributed by atoms with Crippen LogP contribution in [0.25, 0.3) is 0 Å². The van der Waals surface area contributed by atoms with Crippen LogP contribution in [-0.2, 0) is 9.53 Å². The first-order chi connectivity index (χ1) is 11.7. The van der Waals surface area contributed by atoms with Gasteiger partial charge in [0.25, 0.3) is 0 Å². The number of benzene rings is 1. The smallest absolute Gasteiger partial charge is 0.350 e. The maximum absolute atomic E-state index is 11.3. The van der Waals surface area contributed by atoms with Crippen LogP contribution in [0.1, 0.15) is 38.5 Å². The molecule has 0 unspecified atom stereocenters. The van der Waals surface area contributed by atoms with Gasteiger partial charge < -0.3 is 14.8 Å². The molecule has 1 aromatic rings. The van der Waals surface area contributed by atoms with E-state index in [4.69, 9.17) is 10.00 Å². The van der Waals surface area contributed by atoms with Gasteiger partial charge in [0, 0.05) is 11.9 Å². The first kappa shape index (κ1) is 17.9. The van der Waals surface area contributed by atoms with E-state index in [1.54, 1.807) is 6.07 Å². The van der Waals surface area contributed by atoms with Gasteiger partial charge in [-0.15, -0.1) is 0 Å². The lowest BCUT2D eigenvalue weighted by molar-refractivity contribution is -0.135. The first-order valence-corrected chi connectivity index (χ1v) is 8.41. The van der Waals surface area contributed by atoms with E-state index in [9.17, 15) is 4.79 Å². The third kappa shape index (κ3) is 5.62. The minimum Gasteiger partial charge on any atom is -0.494 e. The fourth-order valence-electron chi connectivity index (χ4n) is 2.87. The van der Waals surface area contributed by atoms with Gasteiger partial charge in [-0.2, -0.15) is 5.26 Å². The monoisotopic (exact) mass is 328 g/mol. The summed E-state index contributed by atoms with van der Waals surface area (Å²) in [6, 6.07) is 9.24. The molecular weight excluding hydrogens is 304 g/mol. The minimum atomic E-state index is -0.660. The second-order valence-corrected chi connectivity index (χ2v) is 5.97. The van der Waals surface area contributed by atoms with Gasteiger partial charge >= 0.3 is 5.97 Å². The number of esters is 1. The number of nitrogens with one attached hydrogen (secondary N) is 1. The molecular formula is C19H24N2O3. The van der Waals surface area contributed by atoms with Crippen molar-refractivity contribution < 1.29 is 14.3 Å². The predicted octanol–water partition coefficient (Wildman–Crippen LogP) is 4.03. The number of methoxy groups -OCH3 is 1. The van der Waals surface area contributed by atoms with Crippen LogP contribution in [-0.4, -0.2) is 19.7 Å². The minimum absolute atomic E-state index is 0.0784. The Kier molecular flexibility index (Phi) is 7.16. The lowest BCUT2D eigenvalue weighted by Crippen LogP contribution is -2.10. The van der Waals surface area contributed by atoms with Crippen LogP contribution in [0.3, 0.4) is 0 Å². The molecule has 0 aliphatic heterocycles. The van der Waals surface area contributed by atoms with Gasteiger partial charge in [-0.3, -0.25) is 0 Å². The quantitative estimate of drug-likeness (QED) is 0.465. The summed E-state index contributed by atoms with van der Waals surface area (Å²) in [5.41, 5.74) is 0.691. The number of anilines is 1. The molecule has 1 aliphatic rings. The molecule has 2 rings (SSSR count). The van der Waals surface area contributed by atoms with Gasteiger partial charge in [-0.1, -0.05) is 32.1 Å². The van der Waals surface area contributed by atoms with Crippen LogP contribution in [0.4, 0.5) is 5.69 Å². The lowest BCUT2D eigenvalue weighted by atomic mass is 9.87. The molecule has 1 aliphatic carbocycles. The molecule has 1 N–H and O–H groups in total. The van der Waals surface area contributed by atoms with Crippen LogP contribution < -0.4 is 10.1 Å². The average Bonchev–Trinajstić information content (AvgIpc) is 2.64. The van der Waals surface area contributed by atoms with E-state index in [-0.39, 0.29) is 5.57 Å². The molecule has 0 radical (unpaired) electrons. The van der Waals surface area contributed by atoms with E-state index in [2.05, 4.69) is 10.1 Å². The summed E-state index contributed by atoms with van der Waals surface area (Å²) in [6.07, 6.45) is 9.21. The summed E-state index contributed by atoms with van der Waals surface area (Å²) >= 11 is 0. The molecule has 24 heavy (non-hydrogen) atoms. The van der Waals surface area contributed by atoms with Gasteiger partial charge in [0.1, 0.15) is 11.8 Å². The summed E-state index contributed by atoms with van der Waals surface area (Å²) in [6.45, 7) is 0.748. The highest BCUT2D eigenvalue weighted by Crippen LogP contribution is 2.26. The first-order valence-electron chi connectivity index (χ1n) is 8.41. The summed E-state index contributed by atoms with van der Waals surface area (Å²) in [5, 5.41) is 11.8. The Morgan fingerprint density at radius 3 is 2.62 bits per heavy atom. The SMILES string of the molecule is COC(=O)/C(C#N)=C\Nc1ccc(OCCC2CCCCC2)cc1. The van der Waals surface area contributed by atoms with Crippen LogP contribution in [0, 0.1) is 17.2 Å². The van der Waals surface area contributed by atoms with Crippen LogP contribution >= 0.6 is 0 Å². The Bertz CT molecular complexity index is 596. The molecule has 0 saturated heterocycles. The molecule has 0 spiro atoms. The van der Waals surface area contributed by atoms with Gasteiger partial charge in [-0.25, -0.2) is 4.79 Å². The number of nitriles is 1. The molecule has 128 valence electrons. The van der Waals surface area contributed by atoms with Crippen molar-refractivity contribution in [2.75, 3.05) is 19.0 Å². The van der Waals surface area contributed by atoms with Crippen molar-refractivity contribution in [3.63, 3.8) is 0 Å². The van der Waals surface area contributed by atoms with Gasteiger partial charge in [0.2, 0.25) is 0 Å². The van der Waals surface area contributed by atoms with Crippen LogP contribution in [0.5, 0.6) is 5.75 Å². The van der Waals surface area contributed by atoms with E-state index in [0.717, 1.165) is 30.4 Å². The predicted molar refractivity (Wildman–Crippen MR) is 92.5 cm³/mol. The van der Waals surface area contributed by atoms with E-state index >= 15 is 0 Å². The number of hydrogen-bond donors (Lipinski definition) is 1. The Morgan fingerprint density at radius 1 is 1.29 bits per heavy atom. The largest absolute Gasteiger partial charge is 0.494 e. The van der Waals surface area contributed by atoms with Crippen molar-refractivity contribution in [3.8, 4) is 11.8 Å². The van der Waals surface area contributed by atoms with E-state index in [1.807, 2.05) is 24.3 Å². The average molecular weight is 328 g/mol. The molecule has 1 saturated carbocycles. The molecule has 1 fully saturated rings. The van der Waals surface area contributed by atoms with Gasteiger partial charge in [0.15, 0.2) is 5.57 Å². The topological polar surface area (TPSA) is 71.4 Å².